The Hall–Kier alpha value is -2.44. The highest BCUT2D eigenvalue weighted by Gasteiger charge is 2.31. The van der Waals surface area contributed by atoms with Gasteiger partial charge in [0.2, 0.25) is 5.91 Å². The predicted molar refractivity (Wildman–Crippen MR) is 92.9 cm³/mol. The van der Waals surface area contributed by atoms with E-state index in [1.54, 1.807) is 21.1 Å². The Morgan fingerprint density at radius 2 is 2.08 bits per heavy atom. The molecule has 7 heteroatoms. The fourth-order valence-electron chi connectivity index (χ4n) is 3.08. The van der Waals surface area contributed by atoms with Crippen molar-refractivity contribution in [3.63, 3.8) is 0 Å². The molecule has 1 saturated heterocycles. The summed E-state index contributed by atoms with van der Waals surface area (Å²) >= 11 is 0. The Labute approximate surface area is 148 Å². The van der Waals surface area contributed by atoms with E-state index < -0.39 is 6.09 Å². The van der Waals surface area contributed by atoms with Crippen molar-refractivity contribution in [2.45, 2.75) is 32.2 Å². The molecule has 0 bridgehead atoms. The molecule has 7 nitrogen and oxygen atoms in total. The number of likely N-dealkylation sites (tertiary alicyclic amines) is 1. The molecular weight excluding hydrogens is 324 g/mol. The summed E-state index contributed by atoms with van der Waals surface area (Å²) in [5, 5.41) is 2.58. The first-order chi connectivity index (χ1) is 12.1. The number of nitrogens with one attached hydrogen (secondary N) is 1. The van der Waals surface area contributed by atoms with Gasteiger partial charge in [-0.05, 0) is 31.9 Å². The lowest BCUT2D eigenvalue weighted by Crippen LogP contribution is -2.34. The van der Waals surface area contributed by atoms with Gasteiger partial charge >= 0.3 is 6.09 Å². The molecule has 138 valence electrons. The maximum Gasteiger partial charge on any atom is 0.407 e. The van der Waals surface area contributed by atoms with Gasteiger partial charge < -0.3 is 24.4 Å². The first-order valence-corrected chi connectivity index (χ1v) is 8.52. The van der Waals surface area contributed by atoms with E-state index in [9.17, 15) is 9.59 Å². The number of carbonyl (C=O) groups excluding carboxylic acids is 2. The Morgan fingerprint density at radius 3 is 2.76 bits per heavy atom. The largest absolute Gasteiger partial charge is 0.497 e. The van der Waals surface area contributed by atoms with Gasteiger partial charge in [-0.25, -0.2) is 4.79 Å². The highest BCUT2D eigenvalue weighted by molar-refractivity contribution is 5.78. The van der Waals surface area contributed by atoms with E-state index in [0.29, 0.717) is 18.9 Å². The number of rotatable bonds is 7. The van der Waals surface area contributed by atoms with Gasteiger partial charge in [0.15, 0.2) is 0 Å². The van der Waals surface area contributed by atoms with Gasteiger partial charge in [-0.3, -0.25) is 4.79 Å². The molecular formula is C18H26N2O5. The summed E-state index contributed by atoms with van der Waals surface area (Å²) in [4.78, 5) is 25.7. The molecule has 0 radical (unpaired) electrons. The van der Waals surface area contributed by atoms with Crippen LogP contribution in [0.4, 0.5) is 4.79 Å². The number of carbonyl (C=O) groups is 2. The van der Waals surface area contributed by atoms with Crippen molar-refractivity contribution >= 4 is 12.0 Å². The number of ether oxygens (including phenoxy) is 3. The topological polar surface area (TPSA) is 77.1 Å². The average Bonchev–Trinajstić information content (AvgIpc) is 3.10. The first kappa shape index (κ1) is 18.9. The van der Waals surface area contributed by atoms with Crippen molar-refractivity contribution in [2.24, 2.45) is 0 Å². The van der Waals surface area contributed by atoms with Crippen LogP contribution in [0, 0.1) is 0 Å². The normalized spacial score (nSPS) is 16.4. The van der Waals surface area contributed by atoms with Gasteiger partial charge in [0.1, 0.15) is 11.5 Å². The summed E-state index contributed by atoms with van der Waals surface area (Å²) in [6.07, 6.45) is 1.58. The van der Waals surface area contributed by atoms with Crippen LogP contribution < -0.4 is 14.8 Å². The van der Waals surface area contributed by atoms with Crippen LogP contribution in [0.25, 0.3) is 0 Å². The van der Waals surface area contributed by atoms with E-state index in [1.807, 2.05) is 23.1 Å². The number of alkyl carbamates (subject to hydrolysis) is 1. The van der Waals surface area contributed by atoms with Crippen LogP contribution >= 0.6 is 0 Å². The Morgan fingerprint density at radius 1 is 1.28 bits per heavy atom. The molecule has 1 unspecified atom stereocenters. The molecule has 1 aromatic rings. The lowest BCUT2D eigenvalue weighted by molar-refractivity contribution is -0.132. The van der Waals surface area contributed by atoms with Gasteiger partial charge in [-0.1, -0.05) is 0 Å². The molecule has 1 heterocycles. The summed E-state index contributed by atoms with van der Waals surface area (Å²) in [6.45, 7) is 3.02. The van der Waals surface area contributed by atoms with E-state index in [1.165, 1.54) is 0 Å². The third-order valence-corrected chi connectivity index (χ3v) is 4.26. The van der Waals surface area contributed by atoms with E-state index in [0.717, 1.165) is 24.2 Å². The maximum atomic E-state index is 12.6. The van der Waals surface area contributed by atoms with Crippen LogP contribution in [0.1, 0.15) is 37.8 Å². The Balaban J connectivity index is 2.02. The monoisotopic (exact) mass is 350 g/mol. The molecule has 0 saturated carbocycles. The molecule has 1 N–H and O–H groups in total. The zero-order valence-electron chi connectivity index (χ0n) is 15.0. The minimum atomic E-state index is -0.495. The maximum absolute atomic E-state index is 12.6. The molecule has 1 aliphatic rings. The van der Waals surface area contributed by atoms with E-state index in [2.05, 4.69) is 5.32 Å². The smallest absolute Gasteiger partial charge is 0.407 e. The average molecular weight is 350 g/mol. The number of methoxy groups -OCH3 is 2. The predicted octanol–water partition coefficient (Wildman–Crippen LogP) is 2.50. The quantitative estimate of drug-likeness (QED) is 0.817. The van der Waals surface area contributed by atoms with Gasteiger partial charge in [0.25, 0.3) is 0 Å². The van der Waals surface area contributed by atoms with Gasteiger partial charge in [-0.15, -0.1) is 0 Å². The fourth-order valence-corrected chi connectivity index (χ4v) is 3.08. The number of hydrogen-bond donors (Lipinski definition) is 1. The Bertz CT molecular complexity index is 605. The number of benzene rings is 1. The van der Waals surface area contributed by atoms with Gasteiger partial charge in [0.05, 0.1) is 26.9 Å². The summed E-state index contributed by atoms with van der Waals surface area (Å²) < 4.78 is 15.5. The summed E-state index contributed by atoms with van der Waals surface area (Å²) in [5.74, 6) is 1.45. The van der Waals surface area contributed by atoms with Crippen molar-refractivity contribution in [3.05, 3.63) is 23.8 Å². The lowest BCUT2D eigenvalue weighted by Gasteiger charge is -2.26. The summed E-state index contributed by atoms with van der Waals surface area (Å²) in [5.41, 5.74) is 0.979. The SMILES string of the molecule is CCOC(=O)NCCC(=O)N1CCCC1c1ccc(OC)cc1OC. The summed E-state index contributed by atoms with van der Waals surface area (Å²) in [6, 6.07) is 5.64. The highest BCUT2D eigenvalue weighted by Crippen LogP contribution is 2.38. The zero-order chi connectivity index (χ0) is 18.2. The van der Waals surface area contributed by atoms with Crippen LogP contribution in [0.3, 0.4) is 0 Å². The van der Waals surface area contributed by atoms with Crippen LogP contribution in [-0.4, -0.2) is 50.8 Å². The van der Waals surface area contributed by atoms with Gasteiger partial charge in [-0.2, -0.15) is 0 Å². The van der Waals surface area contributed by atoms with Crippen LogP contribution in [0.2, 0.25) is 0 Å². The lowest BCUT2D eigenvalue weighted by atomic mass is 10.0. The van der Waals surface area contributed by atoms with E-state index in [4.69, 9.17) is 14.2 Å². The molecule has 1 aromatic carbocycles. The third-order valence-electron chi connectivity index (χ3n) is 4.26. The van der Waals surface area contributed by atoms with Crippen molar-refractivity contribution in [1.82, 2.24) is 10.2 Å². The zero-order valence-corrected chi connectivity index (χ0v) is 15.0. The number of hydrogen-bond acceptors (Lipinski definition) is 5. The van der Waals surface area contributed by atoms with Crippen LogP contribution in [-0.2, 0) is 9.53 Å². The first-order valence-electron chi connectivity index (χ1n) is 8.52. The minimum Gasteiger partial charge on any atom is -0.497 e. The van der Waals surface area contributed by atoms with Crippen molar-refractivity contribution < 1.29 is 23.8 Å². The third kappa shape index (κ3) is 4.78. The van der Waals surface area contributed by atoms with E-state index in [-0.39, 0.29) is 24.9 Å². The van der Waals surface area contributed by atoms with Crippen LogP contribution in [0.15, 0.2) is 18.2 Å². The Kier molecular flexibility index (Phi) is 6.91. The molecule has 25 heavy (non-hydrogen) atoms. The molecule has 2 amide bonds. The molecule has 1 atom stereocenters. The number of amides is 2. The second kappa shape index (κ2) is 9.15. The highest BCUT2D eigenvalue weighted by atomic mass is 16.5. The minimum absolute atomic E-state index is 0.0113. The van der Waals surface area contributed by atoms with Crippen LogP contribution in [0.5, 0.6) is 11.5 Å². The molecule has 0 spiro atoms. The molecule has 0 aliphatic carbocycles. The molecule has 2 rings (SSSR count). The second-order valence-electron chi connectivity index (χ2n) is 5.75. The van der Waals surface area contributed by atoms with Gasteiger partial charge in [0, 0.05) is 31.1 Å². The van der Waals surface area contributed by atoms with Crippen molar-refractivity contribution in [3.8, 4) is 11.5 Å². The fraction of sp³-hybridized carbons (Fsp3) is 0.556. The number of nitrogens with zero attached hydrogens (tertiary/aromatic N) is 1. The summed E-state index contributed by atoms with van der Waals surface area (Å²) in [7, 11) is 3.22. The molecule has 1 aliphatic heterocycles. The molecule has 0 aromatic heterocycles. The van der Waals surface area contributed by atoms with E-state index >= 15 is 0 Å². The van der Waals surface area contributed by atoms with Crippen molar-refractivity contribution in [1.29, 1.82) is 0 Å². The second-order valence-corrected chi connectivity index (χ2v) is 5.75. The van der Waals surface area contributed by atoms with Crippen molar-refractivity contribution in [2.75, 3.05) is 33.9 Å². The standard InChI is InChI=1S/C18H26N2O5/c1-4-25-18(22)19-10-9-17(21)20-11-5-6-15(20)14-8-7-13(23-2)12-16(14)24-3/h7-8,12,15H,4-6,9-11H2,1-3H3,(H,19,22). The molecule has 1 fully saturated rings.